The van der Waals surface area contributed by atoms with Gasteiger partial charge in [-0.15, -0.1) is 0 Å². The van der Waals surface area contributed by atoms with E-state index in [4.69, 9.17) is 10.3 Å². The van der Waals surface area contributed by atoms with Crippen molar-refractivity contribution in [2.75, 3.05) is 5.73 Å². The molecule has 1 aromatic rings. The highest BCUT2D eigenvalue weighted by molar-refractivity contribution is 9.10. The van der Waals surface area contributed by atoms with Crippen molar-refractivity contribution < 1.29 is 8.76 Å². The fourth-order valence-corrected chi connectivity index (χ4v) is 1.51. The molecule has 0 aliphatic heterocycles. The third-order valence-electron chi connectivity index (χ3n) is 1.53. The van der Waals surface area contributed by atoms with Crippen molar-refractivity contribution >= 4 is 37.6 Å². The lowest BCUT2D eigenvalue weighted by Crippen LogP contribution is -1.93. The van der Waals surface area contributed by atoms with Crippen molar-refractivity contribution in [3.05, 3.63) is 34.8 Å². The van der Waals surface area contributed by atoms with Crippen LogP contribution in [-0.2, 0) is 11.1 Å². The van der Waals surface area contributed by atoms with Crippen LogP contribution in [-0.4, -0.2) is 8.76 Å². The lowest BCUT2D eigenvalue weighted by Gasteiger charge is -2.03. The van der Waals surface area contributed by atoms with E-state index in [1.807, 2.05) is 0 Å². The van der Waals surface area contributed by atoms with Gasteiger partial charge in [0.15, 0.2) is 11.1 Å². The Kier molecular flexibility index (Phi) is 3.24. The van der Waals surface area contributed by atoms with E-state index in [0.29, 0.717) is 15.7 Å². The van der Waals surface area contributed by atoms with Crippen LogP contribution < -0.4 is 5.73 Å². The van der Waals surface area contributed by atoms with Gasteiger partial charge < -0.3 is 10.3 Å². The van der Waals surface area contributed by atoms with Gasteiger partial charge in [-0.05, 0) is 33.6 Å². The predicted octanol–water partition coefficient (Wildman–Crippen LogP) is 2.22. The Morgan fingerprint density at radius 2 is 2.23 bits per heavy atom. The van der Waals surface area contributed by atoms with Crippen molar-refractivity contribution in [3.63, 3.8) is 0 Å². The zero-order valence-corrected chi connectivity index (χ0v) is 9.06. The predicted molar refractivity (Wildman–Crippen MR) is 58.4 cm³/mol. The number of nitrogens with two attached hydrogens (primary N) is 1. The minimum atomic E-state index is -2.03. The molecule has 5 heteroatoms. The first-order valence-electron chi connectivity index (χ1n) is 3.37. The fourth-order valence-electron chi connectivity index (χ4n) is 0.801. The van der Waals surface area contributed by atoms with E-state index in [0.717, 1.165) is 0 Å². The van der Waals surface area contributed by atoms with Crippen LogP contribution in [0.3, 0.4) is 0 Å². The van der Waals surface area contributed by atoms with Gasteiger partial charge in [0, 0.05) is 10.2 Å². The van der Waals surface area contributed by atoms with Gasteiger partial charge in [-0.3, -0.25) is 0 Å². The summed E-state index contributed by atoms with van der Waals surface area (Å²) in [5.41, 5.74) is 6.73. The minimum Gasteiger partial charge on any atom is -0.398 e. The maximum absolute atomic E-state index is 10.7. The van der Waals surface area contributed by atoms with Crippen molar-refractivity contribution in [2.24, 2.45) is 0 Å². The van der Waals surface area contributed by atoms with E-state index in [-0.39, 0.29) is 4.91 Å². The number of halogens is 1. The van der Waals surface area contributed by atoms with Crippen LogP contribution >= 0.6 is 15.9 Å². The Hall–Kier alpha value is -0.650. The Morgan fingerprint density at radius 3 is 2.69 bits per heavy atom. The molecule has 3 nitrogen and oxygen atoms in total. The Morgan fingerprint density at radius 1 is 1.62 bits per heavy atom. The molecule has 0 heterocycles. The van der Waals surface area contributed by atoms with Crippen LogP contribution in [0.25, 0.3) is 4.91 Å². The van der Waals surface area contributed by atoms with Gasteiger partial charge >= 0.3 is 0 Å². The maximum Gasteiger partial charge on any atom is 0.186 e. The molecule has 0 saturated carbocycles. The van der Waals surface area contributed by atoms with Crippen LogP contribution in [0, 0.1) is 0 Å². The molecule has 0 aliphatic carbocycles. The average Bonchev–Trinajstić information content (AvgIpc) is 2.08. The molecule has 0 amide bonds. The first-order valence-corrected chi connectivity index (χ1v) is 5.27. The van der Waals surface area contributed by atoms with E-state index in [1.165, 1.54) is 0 Å². The second kappa shape index (κ2) is 4.04. The van der Waals surface area contributed by atoms with E-state index in [2.05, 4.69) is 22.5 Å². The molecule has 0 saturated heterocycles. The van der Waals surface area contributed by atoms with Gasteiger partial charge in [0.25, 0.3) is 0 Å². The molecule has 0 aliphatic rings. The third kappa shape index (κ3) is 2.40. The molecule has 0 fully saturated rings. The monoisotopic (exact) mass is 261 g/mol. The van der Waals surface area contributed by atoms with Gasteiger partial charge in [-0.2, -0.15) is 0 Å². The molecule has 70 valence electrons. The lowest BCUT2D eigenvalue weighted by molar-refractivity contribution is 0.575. The third-order valence-corrected chi connectivity index (χ3v) is 2.88. The van der Waals surface area contributed by atoms with Crippen LogP contribution in [0.4, 0.5) is 5.69 Å². The van der Waals surface area contributed by atoms with E-state index >= 15 is 0 Å². The van der Waals surface area contributed by atoms with E-state index in [9.17, 15) is 4.21 Å². The first kappa shape index (κ1) is 10.4. The molecule has 0 spiro atoms. The normalized spacial score (nSPS) is 12.5. The lowest BCUT2D eigenvalue weighted by atomic mass is 10.2. The number of benzene rings is 1. The van der Waals surface area contributed by atoms with Crippen molar-refractivity contribution in [1.82, 2.24) is 0 Å². The van der Waals surface area contributed by atoms with Gasteiger partial charge in [0.05, 0.1) is 4.91 Å². The molecule has 3 N–H and O–H groups in total. The second-order valence-electron chi connectivity index (χ2n) is 2.41. The molecule has 0 radical (unpaired) electrons. The van der Waals surface area contributed by atoms with Crippen LogP contribution in [0.5, 0.6) is 0 Å². The molecule has 0 aromatic heterocycles. The highest BCUT2D eigenvalue weighted by atomic mass is 79.9. The van der Waals surface area contributed by atoms with Crippen LogP contribution in [0.2, 0.25) is 0 Å². The van der Waals surface area contributed by atoms with Crippen molar-refractivity contribution in [2.45, 2.75) is 0 Å². The molecular formula is C8H8BrNO2S. The number of anilines is 1. The van der Waals surface area contributed by atoms with Gasteiger partial charge in [0.2, 0.25) is 0 Å². The molecular weight excluding hydrogens is 254 g/mol. The van der Waals surface area contributed by atoms with Gasteiger partial charge in [0.1, 0.15) is 0 Å². The number of hydrogen-bond donors (Lipinski definition) is 2. The van der Waals surface area contributed by atoms with E-state index < -0.39 is 11.1 Å². The van der Waals surface area contributed by atoms with E-state index in [1.54, 1.807) is 18.2 Å². The first-order chi connectivity index (χ1) is 6.02. The number of hydrogen-bond acceptors (Lipinski definition) is 2. The van der Waals surface area contributed by atoms with Gasteiger partial charge in [-0.1, -0.05) is 12.6 Å². The molecule has 13 heavy (non-hydrogen) atoms. The average molecular weight is 262 g/mol. The summed E-state index contributed by atoms with van der Waals surface area (Å²) in [6, 6.07) is 4.96. The Bertz CT molecular complexity index is 378. The summed E-state index contributed by atoms with van der Waals surface area (Å²) in [5, 5.41) is 0. The minimum absolute atomic E-state index is 0.167. The van der Waals surface area contributed by atoms with Gasteiger partial charge in [-0.25, -0.2) is 4.21 Å². The molecule has 1 aromatic carbocycles. The zero-order valence-electron chi connectivity index (χ0n) is 6.66. The Labute approximate surface area is 87.1 Å². The summed E-state index contributed by atoms with van der Waals surface area (Å²) in [6.07, 6.45) is 0. The fraction of sp³-hybridized carbons (Fsp3) is 0. The highest BCUT2D eigenvalue weighted by Crippen LogP contribution is 2.24. The summed E-state index contributed by atoms with van der Waals surface area (Å²) < 4.78 is 20.1. The topological polar surface area (TPSA) is 63.3 Å². The quantitative estimate of drug-likeness (QED) is 0.634. The molecule has 1 rings (SSSR count). The summed E-state index contributed by atoms with van der Waals surface area (Å²) in [7, 11) is 0. The standard InChI is InChI=1S/C8H8BrNO2S/c1-5(13(11)12)6-2-3-8(10)7(9)4-6/h2-4H,1,10H2,(H,11,12). The molecule has 0 bridgehead atoms. The number of rotatable bonds is 2. The van der Waals surface area contributed by atoms with Crippen LogP contribution in [0.1, 0.15) is 5.56 Å². The van der Waals surface area contributed by atoms with Crippen molar-refractivity contribution in [1.29, 1.82) is 0 Å². The highest BCUT2D eigenvalue weighted by Gasteiger charge is 2.06. The van der Waals surface area contributed by atoms with Crippen molar-refractivity contribution in [3.8, 4) is 0 Å². The molecule has 1 atom stereocenters. The smallest absolute Gasteiger partial charge is 0.186 e. The van der Waals surface area contributed by atoms with Crippen LogP contribution in [0.15, 0.2) is 29.3 Å². The second-order valence-corrected chi connectivity index (χ2v) is 4.25. The summed E-state index contributed by atoms with van der Waals surface area (Å²) in [4.78, 5) is 0.167. The summed E-state index contributed by atoms with van der Waals surface area (Å²) in [5.74, 6) is 0. The maximum atomic E-state index is 10.7. The summed E-state index contributed by atoms with van der Waals surface area (Å²) >= 11 is 1.18. The largest absolute Gasteiger partial charge is 0.398 e. The summed E-state index contributed by atoms with van der Waals surface area (Å²) in [6.45, 7) is 3.48. The zero-order chi connectivity index (χ0) is 10.0. The SMILES string of the molecule is C=C(c1ccc(N)c(Br)c1)S(=O)O. The Balaban J connectivity index is 3.11. The molecule has 1 unspecified atom stereocenters. The number of nitrogen functional groups attached to an aromatic ring is 1.